The minimum Gasteiger partial charge on any atom is -0.486 e. The second kappa shape index (κ2) is 7.57. The summed E-state index contributed by atoms with van der Waals surface area (Å²) in [5, 5.41) is 3.40. The van der Waals surface area contributed by atoms with Crippen molar-refractivity contribution in [3.8, 4) is 5.75 Å². The molecule has 2 aromatic rings. The Morgan fingerprint density at radius 3 is 2.71 bits per heavy atom. The monoisotopic (exact) mass is 348 g/mol. The van der Waals surface area contributed by atoms with Crippen LogP contribution in [0.2, 0.25) is 0 Å². The number of hydrogen-bond acceptors (Lipinski definition) is 3. The van der Waals surface area contributed by atoms with Gasteiger partial charge < -0.3 is 10.1 Å². The Kier molecular flexibility index (Phi) is 5.76. The van der Waals surface area contributed by atoms with Crippen molar-refractivity contribution in [2.24, 2.45) is 0 Å². The molecule has 1 heterocycles. The van der Waals surface area contributed by atoms with Gasteiger partial charge >= 0.3 is 0 Å². The number of ether oxygens (including phenoxy) is 1. The predicted molar refractivity (Wildman–Crippen MR) is 89.4 cm³/mol. The number of rotatable bonds is 6. The lowest BCUT2D eigenvalue weighted by molar-refractivity contribution is 0.299. The number of nitrogens with zero attached hydrogens (tertiary/aromatic N) is 1. The number of aryl methyl sites for hydroxylation is 1. The van der Waals surface area contributed by atoms with Crippen LogP contribution >= 0.6 is 15.9 Å². The molecular formula is C17H21BrN2O. The van der Waals surface area contributed by atoms with Crippen LogP contribution in [0.1, 0.15) is 30.8 Å². The highest BCUT2D eigenvalue weighted by molar-refractivity contribution is 9.10. The first-order valence-electron chi connectivity index (χ1n) is 7.12. The molecule has 0 amide bonds. The van der Waals surface area contributed by atoms with Gasteiger partial charge in [0, 0.05) is 18.3 Å². The van der Waals surface area contributed by atoms with Crippen molar-refractivity contribution in [3.63, 3.8) is 0 Å². The van der Waals surface area contributed by atoms with Gasteiger partial charge in [0.25, 0.3) is 0 Å². The van der Waals surface area contributed by atoms with Gasteiger partial charge in [-0.1, -0.05) is 26.0 Å². The van der Waals surface area contributed by atoms with E-state index in [0.29, 0.717) is 12.6 Å². The molecule has 1 aromatic heterocycles. The van der Waals surface area contributed by atoms with Crippen molar-refractivity contribution in [1.82, 2.24) is 10.3 Å². The second-order valence-electron chi connectivity index (χ2n) is 5.36. The predicted octanol–water partition coefficient (Wildman–Crippen LogP) is 4.23. The first-order chi connectivity index (χ1) is 10.0. The summed E-state index contributed by atoms with van der Waals surface area (Å²) in [4.78, 5) is 4.43. The van der Waals surface area contributed by atoms with E-state index in [-0.39, 0.29) is 0 Å². The van der Waals surface area contributed by atoms with Crippen LogP contribution in [-0.4, -0.2) is 11.0 Å². The average molecular weight is 349 g/mol. The maximum atomic E-state index is 5.83. The molecule has 0 aliphatic rings. The van der Waals surface area contributed by atoms with Crippen LogP contribution in [0.4, 0.5) is 0 Å². The van der Waals surface area contributed by atoms with Gasteiger partial charge in [-0.2, -0.15) is 0 Å². The molecule has 0 atom stereocenters. The van der Waals surface area contributed by atoms with Crippen LogP contribution in [0.5, 0.6) is 5.75 Å². The van der Waals surface area contributed by atoms with E-state index in [1.165, 1.54) is 5.56 Å². The van der Waals surface area contributed by atoms with Crippen molar-refractivity contribution in [2.75, 3.05) is 0 Å². The zero-order chi connectivity index (χ0) is 15.2. The third-order valence-electron chi connectivity index (χ3n) is 3.03. The third kappa shape index (κ3) is 5.14. The van der Waals surface area contributed by atoms with Gasteiger partial charge in [0.1, 0.15) is 12.4 Å². The Bertz CT molecular complexity index is 599. The molecule has 0 radical (unpaired) electrons. The normalized spacial score (nSPS) is 10.9. The summed E-state index contributed by atoms with van der Waals surface area (Å²) in [5.41, 5.74) is 3.18. The molecule has 2 rings (SSSR count). The molecule has 0 spiro atoms. The lowest BCUT2D eigenvalue weighted by Crippen LogP contribution is -2.21. The molecule has 4 heteroatoms. The molecule has 0 fully saturated rings. The summed E-state index contributed by atoms with van der Waals surface area (Å²) >= 11 is 3.57. The fourth-order valence-electron chi connectivity index (χ4n) is 1.92. The number of halogens is 1. The van der Waals surface area contributed by atoms with E-state index in [4.69, 9.17) is 4.74 Å². The van der Waals surface area contributed by atoms with E-state index < -0.39 is 0 Å². The van der Waals surface area contributed by atoms with Gasteiger partial charge in [0.2, 0.25) is 0 Å². The van der Waals surface area contributed by atoms with Crippen LogP contribution in [0.3, 0.4) is 0 Å². The lowest BCUT2D eigenvalue weighted by atomic mass is 10.2. The van der Waals surface area contributed by atoms with Crippen LogP contribution in [-0.2, 0) is 13.2 Å². The molecule has 1 N–H and O–H groups in total. The highest BCUT2D eigenvalue weighted by Crippen LogP contribution is 2.26. The zero-order valence-electron chi connectivity index (χ0n) is 12.7. The molecule has 0 aliphatic carbocycles. The number of benzene rings is 1. The molecule has 0 saturated carbocycles. The van der Waals surface area contributed by atoms with E-state index in [9.17, 15) is 0 Å². The first-order valence-corrected chi connectivity index (χ1v) is 7.91. The molecule has 0 aliphatic heterocycles. The van der Waals surface area contributed by atoms with Crippen molar-refractivity contribution < 1.29 is 4.74 Å². The fourth-order valence-corrected chi connectivity index (χ4v) is 2.47. The van der Waals surface area contributed by atoms with E-state index in [0.717, 1.165) is 28.2 Å². The third-order valence-corrected chi connectivity index (χ3v) is 3.65. The quantitative estimate of drug-likeness (QED) is 0.848. The Morgan fingerprint density at radius 1 is 1.24 bits per heavy atom. The Balaban J connectivity index is 1.97. The van der Waals surface area contributed by atoms with Crippen molar-refractivity contribution in [1.29, 1.82) is 0 Å². The average Bonchev–Trinajstić information content (AvgIpc) is 2.44. The molecule has 0 unspecified atom stereocenters. The Hall–Kier alpha value is -1.39. The molecule has 1 aromatic carbocycles. The number of nitrogens with one attached hydrogen (secondary N) is 1. The largest absolute Gasteiger partial charge is 0.486 e. The fraction of sp³-hybridized carbons (Fsp3) is 0.353. The maximum absolute atomic E-state index is 5.83. The summed E-state index contributed by atoms with van der Waals surface area (Å²) in [6, 6.07) is 12.6. The highest BCUT2D eigenvalue weighted by Gasteiger charge is 2.04. The van der Waals surface area contributed by atoms with Crippen molar-refractivity contribution in [2.45, 2.75) is 40.0 Å². The molecule has 21 heavy (non-hydrogen) atoms. The second-order valence-corrected chi connectivity index (χ2v) is 6.21. The SMILES string of the molecule is Cc1cccc(COc2ccc(CNC(C)C)cc2Br)n1. The minimum atomic E-state index is 0.476. The highest BCUT2D eigenvalue weighted by atomic mass is 79.9. The van der Waals surface area contributed by atoms with Crippen molar-refractivity contribution >= 4 is 15.9 Å². The van der Waals surface area contributed by atoms with Crippen LogP contribution in [0.25, 0.3) is 0 Å². The number of hydrogen-bond donors (Lipinski definition) is 1. The van der Waals surface area contributed by atoms with Crippen LogP contribution < -0.4 is 10.1 Å². The smallest absolute Gasteiger partial charge is 0.134 e. The van der Waals surface area contributed by atoms with Gasteiger partial charge in [-0.25, -0.2) is 0 Å². The molecular weight excluding hydrogens is 328 g/mol. The lowest BCUT2D eigenvalue weighted by Gasteiger charge is -2.11. The van der Waals surface area contributed by atoms with Gasteiger partial charge in [-0.3, -0.25) is 4.98 Å². The summed E-state index contributed by atoms with van der Waals surface area (Å²) in [7, 11) is 0. The zero-order valence-corrected chi connectivity index (χ0v) is 14.3. The van der Waals surface area contributed by atoms with E-state index in [1.807, 2.05) is 31.2 Å². The van der Waals surface area contributed by atoms with E-state index in [2.05, 4.69) is 52.2 Å². The van der Waals surface area contributed by atoms with Crippen LogP contribution in [0, 0.1) is 6.92 Å². The minimum absolute atomic E-state index is 0.476. The maximum Gasteiger partial charge on any atom is 0.134 e. The summed E-state index contributed by atoms with van der Waals surface area (Å²) in [6.07, 6.45) is 0. The topological polar surface area (TPSA) is 34.1 Å². The summed E-state index contributed by atoms with van der Waals surface area (Å²) in [5.74, 6) is 0.839. The van der Waals surface area contributed by atoms with Gasteiger partial charge in [0.15, 0.2) is 0 Å². The van der Waals surface area contributed by atoms with E-state index in [1.54, 1.807) is 0 Å². The summed E-state index contributed by atoms with van der Waals surface area (Å²) in [6.45, 7) is 7.60. The standard InChI is InChI=1S/C17H21BrN2O/c1-12(2)19-10-14-7-8-17(16(18)9-14)21-11-15-6-4-5-13(3)20-15/h4-9,12,19H,10-11H2,1-3H3. The number of aromatic nitrogens is 1. The number of pyridine rings is 1. The Labute approximate surface area is 134 Å². The molecule has 112 valence electrons. The first kappa shape index (κ1) is 16.0. The van der Waals surface area contributed by atoms with Gasteiger partial charge in [0.05, 0.1) is 10.2 Å². The molecule has 0 saturated heterocycles. The van der Waals surface area contributed by atoms with Crippen molar-refractivity contribution in [3.05, 3.63) is 57.8 Å². The Morgan fingerprint density at radius 2 is 2.05 bits per heavy atom. The van der Waals surface area contributed by atoms with Gasteiger partial charge in [-0.15, -0.1) is 0 Å². The van der Waals surface area contributed by atoms with Crippen LogP contribution in [0.15, 0.2) is 40.9 Å². The molecule has 3 nitrogen and oxygen atoms in total. The van der Waals surface area contributed by atoms with E-state index >= 15 is 0 Å². The summed E-state index contributed by atoms with van der Waals surface area (Å²) < 4.78 is 6.80. The molecule has 0 bridgehead atoms. The van der Waals surface area contributed by atoms with Gasteiger partial charge in [-0.05, 0) is 52.7 Å².